The lowest BCUT2D eigenvalue weighted by Crippen LogP contribution is -2.47. The van der Waals surface area contributed by atoms with Crippen LogP contribution in [0.15, 0.2) is 138 Å². The Balaban J connectivity index is 0.844. The van der Waals surface area contributed by atoms with Gasteiger partial charge in [0.25, 0.3) is 23.6 Å². The average molecular weight is 994 g/mol. The van der Waals surface area contributed by atoms with Crippen LogP contribution in [0.3, 0.4) is 0 Å². The third-order valence-corrected chi connectivity index (χ3v) is 12.4. The van der Waals surface area contributed by atoms with Crippen LogP contribution in [-0.2, 0) is 21.9 Å². The molecule has 0 aliphatic carbocycles. The molecule has 0 spiro atoms. The van der Waals surface area contributed by atoms with Crippen molar-refractivity contribution in [2.45, 2.75) is 24.4 Å². The van der Waals surface area contributed by atoms with E-state index in [4.69, 9.17) is 11.5 Å². The number of urea groups is 2. The Morgan fingerprint density at radius 3 is 1.35 bits per heavy atom. The molecule has 17 nitrogen and oxygen atoms in total. The van der Waals surface area contributed by atoms with Crippen molar-refractivity contribution < 1.29 is 55.1 Å². The van der Waals surface area contributed by atoms with Gasteiger partial charge in [-0.2, -0.15) is 26.3 Å². The van der Waals surface area contributed by atoms with Gasteiger partial charge in [0.1, 0.15) is 0 Å². The zero-order chi connectivity index (χ0) is 51.2. The first kappa shape index (κ1) is 48.1. The highest BCUT2D eigenvalue weighted by Gasteiger charge is 2.47. The molecule has 9 rings (SSSR count). The number of alkyl halides is 6. The predicted octanol–water partition coefficient (Wildman–Crippen LogP) is 5.88. The SMILES string of the molecule is Nc1ccc([C@H]2NC(=O)N(c3cccc(C(F)(F)F)c3)C3=C2C(=O)N(CCNC(=O)c2cncc(C(=O)NCCN4CC5=C(C4=O)[C@@H](c4ccc(N)cc4)NC(=O)N5c4cccc(C(F)(F)F)c4)c2)C3)cc1. The van der Waals surface area contributed by atoms with Gasteiger partial charge < -0.3 is 42.5 Å². The van der Waals surface area contributed by atoms with Crippen molar-refractivity contribution in [3.05, 3.63) is 171 Å². The highest BCUT2D eigenvalue weighted by molar-refractivity contribution is 6.09. The number of carbonyl (C=O) groups is 6. The lowest BCUT2D eigenvalue weighted by atomic mass is 9.95. The molecule has 72 heavy (non-hydrogen) atoms. The van der Waals surface area contributed by atoms with E-state index < -0.39 is 71.3 Å². The van der Waals surface area contributed by atoms with Gasteiger partial charge in [0.05, 0.1) is 81.3 Å². The summed E-state index contributed by atoms with van der Waals surface area (Å²) in [4.78, 5) is 90.9. The van der Waals surface area contributed by atoms with Crippen LogP contribution in [0.1, 0.15) is 55.1 Å². The zero-order valence-corrected chi connectivity index (χ0v) is 37.5. The summed E-state index contributed by atoms with van der Waals surface area (Å²) >= 11 is 0. The van der Waals surface area contributed by atoms with Gasteiger partial charge in [-0.25, -0.2) is 9.59 Å². The second-order valence-electron chi connectivity index (χ2n) is 17.0. The van der Waals surface area contributed by atoms with Crippen molar-refractivity contribution in [2.24, 2.45) is 0 Å². The van der Waals surface area contributed by atoms with E-state index in [-0.39, 0.29) is 84.3 Å². The Bertz CT molecular complexity index is 2900. The summed E-state index contributed by atoms with van der Waals surface area (Å²) < 4.78 is 82.4. The van der Waals surface area contributed by atoms with Gasteiger partial charge in [0.15, 0.2) is 0 Å². The van der Waals surface area contributed by atoms with E-state index >= 15 is 0 Å². The quantitative estimate of drug-likeness (QED) is 0.0647. The smallest absolute Gasteiger partial charge is 0.399 e. The third-order valence-electron chi connectivity index (χ3n) is 12.4. The number of carbonyl (C=O) groups excluding carboxylic acids is 6. The molecule has 370 valence electrons. The maximum Gasteiger partial charge on any atom is 0.416 e. The fourth-order valence-electron chi connectivity index (χ4n) is 8.92. The number of halogens is 6. The Kier molecular flexibility index (Phi) is 12.6. The summed E-state index contributed by atoms with van der Waals surface area (Å²) in [6.45, 7) is -0.839. The Morgan fingerprint density at radius 1 is 0.583 bits per heavy atom. The maximum atomic E-state index is 14.1. The molecule has 4 aromatic carbocycles. The fraction of sp³-hybridized carbons (Fsp3) is 0.204. The van der Waals surface area contributed by atoms with Crippen molar-refractivity contribution in [2.75, 3.05) is 60.5 Å². The number of nitrogens with zero attached hydrogens (tertiary/aromatic N) is 5. The fourth-order valence-corrected chi connectivity index (χ4v) is 8.92. The topological polar surface area (TPSA) is 228 Å². The number of nitrogen functional groups attached to an aromatic ring is 2. The van der Waals surface area contributed by atoms with Crippen LogP contribution in [0.25, 0.3) is 0 Å². The lowest BCUT2D eigenvalue weighted by Gasteiger charge is -2.34. The van der Waals surface area contributed by atoms with Crippen LogP contribution < -0.4 is 42.5 Å². The Labute approximate surface area is 405 Å². The number of rotatable bonds is 12. The number of nitrogens with two attached hydrogens (primary N) is 2. The third kappa shape index (κ3) is 9.42. The maximum absolute atomic E-state index is 14.1. The molecule has 0 unspecified atom stereocenters. The van der Waals surface area contributed by atoms with Crippen LogP contribution in [0, 0.1) is 0 Å². The summed E-state index contributed by atoms with van der Waals surface area (Å²) in [5.41, 5.74) is 11.8. The largest absolute Gasteiger partial charge is 0.416 e. The first-order chi connectivity index (χ1) is 34.3. The van der Waals surface area contributed by atoms with Crippen LogP contribution >= 0.6 is 0 Å². The van der Waals surface area contributed by atoms with Crippen molar-refractivity contribution in [3.8, 4) is 0 Å². The van der Waals surface area contributed by atoms with Crippen molar-refractivity contribution in [3.63, 3.8) is 0 Å². The molecule has 4 aliphatic heterocycles. The van der Waals surface area contributed by atoms with Gasteiger partial charge in [-0.05, 0) is 77.9 Å². The zero-order valence-electron chi connectivity index (χ0n) is 37.5. The first-order valence-electron chi connectivity index (χ1n) is 22.1. The summed E-state index contributed by atoms with van der Waals surface area (Å²) in [7, 11) is 0. The monoisotopic (exact) mass is 993 g/mol. The first-order valence-corrected chi connectivity index (χ1v) is 22.1. The van der Waals surface area contributed by atoms with Gasteiger partial charge in [-0.3, -0.25) is 34.0 Å². The summed E-state index contributed by atoms with van der Waals surface area (Å²) in [5.74, 6) is -2.42. The molecule has 4 aliphatic rings. The predicted molar refractivity (Wildman–Crippen MR) is 248 cm³/mol. The molecule has 0 fully saturated rings. The van der Waals surface area contributed by atoms with E-state index in [0.717, 1.165) is 46.2 Å². The minimum atomic E-state index is -4.71. The molecule has 0 saturated heterocycles. The van der Waals surface area contributed by atoms with Crippen LogP contribution in [0.5, 0.6) is 0 Å². The van der Waals surface area contributed by atoms with Gasteiger partial charge in [-0.1, -0.05) is 36.4 Å². The van der Waals surface area contributed by atoms with E-state index in [1.807, 2.05) is 0 Å². The highest BCUT2D eigenvalue weighted by Crippen LogP contribution is 2.42. The van der Waals surface area contributed by atoms with Gasteiger partial charge in [-0.15, -0.1) is 0 Å². The van der Waals surface area contributed by atoms with E-state index in [1.54, 1.807) is 48.5 Å². The molecule has 0 bridgehead atoms. The molecule has 5 heterocycles. The minimum Gasteiger partial charge on any atom is -0.399 e. The number of nitrogens with one attached hydrogen (secondary N) is 4. The van der Waals surface area contributed by atoms with Gasteiger partial charge in [0.2, 0.25) is 0 Å². The number of aromatic nitrogens is 1. The summed E-state index contributed by atoms with van der Waals surface area (Å²) in [5, 5.41) is 10.8. The van der Waals surface area contributed by atoms with Gasteiger partial charge >= 0.3 is 24.4 Å². The number of hydrogen-bond donors (Lipinski definition) is 6. The van der Waals surface area contributed by atoms with Crippen molar-refractivity contribution in [1.29, 1.82) is 0 Å². The highest BCUT2D eigenvalue weighted by atomic mass is 19.4. The molecule has 1 aromatic heterocycles. The van der Waals surface area contributed by atoms with Gasteiger partial charge in [0, 0.05) is 49.9 Å². The Morgan fingerprint density at radius 2 is 0.972 bits per heavy atom. The molecule has 8 amide bonds. The normalized spacial score (nSPS) is 18.0. The second-order valence-corrected chi connectivity index (χ2v) is 17.0. The van der Waals surface area contributed by atoms with Crippen LogP contribution in [-0.4, -0.2) is 89.7 Å². The minimum absolute atomic E-state index is 0.0334. The van der Waals surface area contributed by atoms with Crippen molar-refractivity contribution >= 4 is 58.4 Å². The van der Waals surface area contributed by atoms with Crippen molar-refractivity contribution in [1.82, 2.24) is 36.1 Å². The van der Waals surface area contributed by atoms with Crippen LogP contribution in [0.2, 0.25) is 0 Å². The number of benzene rings is 4. The lowest BCUT2D eigenvalue weighted by molar-refractivity contribution is -0.138. The molecule has 5 aromatic rings. The Hall–Kier alpha value is -8.89. The average Bonchev–Trinajstić information content (AvgIpc) is 3.85. The molecule has 8 N–H and O–H groups in total. The second kappa shape index (κ2) is 18.8. The van der Waals surface area contributed by atoms with E-state index in [0.29, 0.717) is 22.5 Å². The van der Waals surface area contributed by atoms with E-state index in [9.17, 15) is 55.1 Å². The summed E-state index contributed by atoms with van der Waals surface area (Å²) in [6, 6.07) is 18.8. The molecular weight excluding hydrogens is 953 g/mol. The molecule has 23 heteroatoms. The van der Waals surface area contributed by atoms with E-state index in [1.165, 1.54) is 40.4 Å². The number of anilines is 4. The van der Waals surface area contributed by atoms with Crippen LogP contribution in [0.4, 0.5) is 58.7 Å². The van der Waals surface area contributed by atoms with E-state index in [2.05, 4.69) is 26.3 Å². The number of pyridine rings is 1. The molecule has 0 saturated carbocycles. The number of amides is 8. The summed E-state index contributed by atoms with van der Waals surface area (Å²) in [6.07, 6.45) is -7.01. The standard InChI is InChI=1S/C49H41F6N11O6/c50-48(51,52)30-3-1-5-34(20-30)65-36-24-63(44(69)38(36)40(61-46(65)71)26-7-11-32(56)12-8-26)17-15-59-42(67)28-19-29(23-58-22-28)43(68)60-16-18-64-25-37-39(45(64)70)41(27-9-13-33(57)14-10-27)62-47(72)66(37)35-6-2-4-31(21-35)49(53,54)55/h1-14,19-23,40-41H,15-18,24-25,56-57H2,(H,59,67)(H,60,68)(H,61,71)(H,62,72)/t40-,41-/m1/s1. The molecule has 2 atom stereocenters. The number of hydrogen-bond acceptors (Lipinski definition) is 9. The molecule has 0 radical (unpaired) electrons. The molecular formula is C49H41F6N11O6.